The fourth-order valence-corrected chi connectivity index (χ4v) is 2.69. The molecule has 2 rings (SSSR count). The van der Waals surface area contributed by atoms with Crippen LogP contribution in [0.1, 0.15) is 20.8 Å². The number of ether oxygens (including phenoxy) is 1. The highest BCUT2D eigenvalue weighted by molar-refractivity contribution is 6.35. The van der Waals surface area contributed by atoms with Crippen LogP contribution in [0.3, 0.4) is 0 Å². The molecule has 0 aliphatic rings. The Morgan fingerprint density at radius 1 is 1.19 bits per heavy atom. The quantitative estimate of drug-likeness (QED) is 0.486. The van der Waals surface area contributed by atoms with Gasteiger partial charge < -0.3 is 15.4 Å². The Hall–Kier alpha value is -2.51. The van der Waals surface area contributed by atoms with Crippen LogP contribution in [0.25, 0.3) is 0 Å². The highest BCUT2D eigenvalue weighted by Gasteiger charge is 2.31. The van der Waals surface area contributed by atoms with Crippen LogP contribution in [0.15, 0.2) is 36.4 Å². The van der Waals surface area contributed by atoms with E-state index in [2.05, 4.69) is 10.6 Å². The molecule has 0 radical (unpaired) electrons. The Labute approximate surface area is 166 Å². The zero-order chi connectivity index (χ0) is 20.2. The SMILES string of the molecule is CCNc1ccc([N+](=O)[O-])cc1NC(=O)C(C)(C)Oc1ccc(Cl)cc1Cl. The number of nitrogens with one attached hydrogen (secondary N) is 2. The fourth-order valence-electron chi connectivity index (χ4n) is 2.25. The zero-order valence-electron chi connectivity index (χ0n) is 15.0. The summed E-state index contributed by atoms with van der Waals surface area (Å²) < 4.78 is 5.74. The number of carbonyl (C=O) groups is 1. The van der Waals surface area contributed by atoms with Gasteiger partial charge in [0.25, 0.3) is 11.6 Å². The Bertz CT molecular complexity index is 872. The monoisotopic (exact) mass is 411 g/mol. The van der Waals surface area contributed by atoms with Crippen molar-refractivity contribution in [2.24, 2.45) is 0 Å². The van der Waals surface area contributed by atoms with E-state index in [1.807, 2.05) is 6.92 Å². The van der Waals surface area contributed by atoms with Gasteiger partial charge in [0.1, 0.15) is 5.75 Å². The van der Waals surface area contributed by atoms with Gasteiger partial charge in [-0.25, -0.2) is 0 Å². The van der Waals surface area contributed by atoms with Crippen molar-refractivity contribution in [2.45, 2.75) is 26.4 Å². The van der Waals surface area contributed by atoms with Gasteiger partial charge in [-0.1, -0.05) is 23.2 Å². The number of non-ortho nitro benzene ring substituents is 1. The summed E-state index contributed by atoms with van der Waals surface area (Å²) in [6.45, 7) is 5.60. The summed E-state index contributed by atoms with van der Waals surface area (Å²) in [7, 11) is 0. The number of nitrogens with zero attached hydrogens (tertiary/aromatic N) is 1. The van der Waals surface area contributed by atoms with Crippen molar-refractivity contribution < 1.29 is 14.5 Å². The molecule has 9 heteroatoms. The molecule has 2 N–H and O–H groups in total. The molecule has 0 atom stereocenters. The highest BCUT2D eigenvalue weighted by atomic mass is 35.5. The number of nitro benzene ring substituents is 1. The van der Waals surface area contributed by atoms with Gasteiger partial charge >= 0.3 is 0 Å². The first-order valence-electron chi connectivity index (χ1n) is 8.12. The van der Waals surface area contributed by atoms with Gasteiger partial charge in [-0.3, -0.25) is 14.9 Å². The summed E-state index contributed by atoms with van der Waals surface area (Å²) >= 11 is 12.0. The van der Waals surface area contributed by atoms with E-state index in [1.54, 1.807) is 32.0 Å². The Balaban J connectivity index is 2.26. The number of anilines is 2. The minimum atomic E-state index is -1.30. The number of benzene rings is 2. The summed E-state index contributed by atoms with van der Waals surface area (Å²) in [5.41, 5.74) is -0.580. The first-order valence-corrected chi connectivity index (χ1v) is 8.87. The van der Waals surface area contributed by atoms with E-state index in [0.29, 0.717) is 23.0 Å². The van der Waals surface area contributed by atoms with Crippen molar-refractivity contribution in [2.75, 3.05) is 17.2 Å². The predicted octanol–water partition coefficient (Wildman–Crippen LogP) is 5.13. The van der Waals surface area contributed by atoms with Gasteiger partial charge in [-0.05, 0) is 45.0 Å². The second-order valence-corrected chi connectivity index (χ2v) is 7.00. The minimum Gasteiger partial charge on any atom is -0.476 e. The number of rotatable bonds is 7. The molecule has 0 aromatic heterocycles. The lowest BCUT2D eigenvalue weighted by molar-refractivity contribution is -0.384. The lowest BCUT2D eigenvalue weighted by Gasteiger charge is -2.26. The molecule has 0 unspecified atom stereocenters. The highest BCUT2D eigenvalue weighted by Crippen LogP contribution is 2.32. The number of hydrogen-bond acceptors (Lipinski definition) is 5. The largest absolute Gasteiger partial charge is 0.476 e. The van der Waals surface area contributed by atoms with E-state index in [4.69, 9.17) is 27.9 Å². The second-order valence-electron chi connectivity index (χ2n) is 6.16. The first kappa shape index (κ1) is 20.8. The van der Waals surface area contributed by atoms with Crippen molar-refractivity contribution >= 4 is 46.2 Å². The zero-order valence-corrected chi connectivity index (χ0v) is 16.5. The van der Waals surface area contributed by atoms with Crippen molar-refractivity contribution in [3.05, 3.63) is 56.6 Å². The standard InChI is InChI=1S/C18H19Cl2N3O4/c1-4-21-14-7-6-12(23(25)26)10-15(14)22-17(24)18(2,3)27-16-8-5-11(19)9-13(16)20/h5-10,21H,4H2,1-3H3,(H,22,24). The van der Waals surface area contributed by atoms with E-state index in [-0.39, 0.29) is 16.4 Å². The Morgan fingerprint density at radius 2 is 1.89 bits per heavy atom. The number of halogens is 2. The molecule has 1 amide bonds. The van der Waals surface area contributed by atoms with E-state index in [9.17, 15) is 14.9 Å². The van der Waals surface area contributed by atoms with Crippen LogP contribution in [0.5, 0.6) is 5.75 Å². The van der Waals surface area contributed by atoms with E-state index in [1.165, 1.54) is 18.2 Å². The van der Waals surface area contributed by atoms with Gasteiger partial charge in [-0.15, -0.1) is 0 Å². The van der Waals surface area contributed by atoms with Gasteiger partial charge in [0.05, 0.1) is 21.3 Å². The van der Waals surface area contributed by atoms with Gasteiger partial charge in [0.15, 0.2) is 5.60 Å². The third-order valence-electron chi connectivity index (χ3n) is 3.64. The molecular weight excluding hydrogens is 393 g/mol. The van der Waals surface area contributed by atoms with Crippen LogP contribution in [0, 0.1) is 10.1 Å². The van der Waals surface area contributed by atoms with Gasteiger partial charge in [0.2, 0.25) is 0 Å². The normalized spacial score (nSPS) is 11.0. The third kappa shape index (κ3) is 5.24. The van der Waals surface area contributed by atoms with Crippen LogP contribution in [0.2, 0.25) is 10.0 Å². The number of carbonyl (C=O) groups excluding carboxylic acids is 1. The lowest BCUT2D eigenvalue weighted by Crippen LogP contribution is -2.42. The van der Waals surface area contributed by atoms with Crippen LogP contribution < -0.4 is 15.4 Å². The summed E-state index contributed by atoms with van der Waals surface area (Å²) in [5.74, 6) is -0.194. The second kappa shape index (κ2) is 8.45. The molecular formula is C18H19Cl2N3O4. The molecule has 0 saturated carbocycles. The maximum Gasteiger partial charge on any atom is 0.271 e. The van der Waals surface area contributed by atoms with E-state index >= 15 is 0 Å². The van der Waals surface area contributed by atoms with Crippen LogP contribution in [-0.4, -0.2) is 23.0 Å². The first-order chi connectivity index (χ1) is 12.6. The molecule has 2 aromatic carbocycles. The molecule has 0 heterocycles. The van der Waals surface area contributed by atoms with Crippen LogP contribution in [0.4, 0.5) is 17.1 Å². The fraction of sp³-hybridized carbons (Fsp3) is 0.278. The summed E-state index contributed by atoms with van der Waals surface area (Å²) in [6, 6.07) is 8.87. The van der Waals surface area contributed by atoms with Crippen molar-refractivity contribution in [3.63, 3.8) is 0 Å². The molecule has 144 valence electrons. The van der Waals surface area contributed by atoms with Gasteiger partial charge in [-0.2, -0.15) is 0 Å². The van der Waals surface area contributed by atoms with Crippen molar-refractivity contribution in [3.8, 4) is 5.75 Å². The molecule has 0 saturated heterocycles. The molecule has 2 aromatic rings. The Morgan fingerprint density at radius 3 is 2.48 bits per heavy atom. The Kier molecular flexibility index (Phi) is 6.51. The van der Waals surface area contributed by atoms with E-state index < -0.39 is 16.4 Å². The molecule has 0 spiro atoms. The lowest BCUT2D eigenvalue weighted by atomic mass is 10.1. The molecule has 7 nitrogen and oxygen atoms in total. The predicted molar refractivity (Wildman–Crippen MR) is 107 cm³/mol. The average Bonchev–Trinajstić information content (AvgIpc) is 2.58. The maximum atomic E-state index is 12.8. The molecule has 27 heavy (non-hydrogen) atoms. The number of amides is 1. The molecule has 0 aliphatic carbocycles. The van der Waals surface area contributed by atoms with E-state index in [0.717, 1.165) is 0 Å². The maximum absolute atomic E-state index is 12.8. The molecule has 0 fully saturated rings. The third-order valence-corrected chi connectivity index (χ3v) is 4.17. The van der Waals surface area contributed by atoms with Crippen molar-refractivity contribution in [1.29, 1.82) is 0 Å². The van der Waals surface area contributed by atoms with Crippen LogP contribution >= 0.6 is 23.2 Å². The minimum absolute atomic E-state index is 0.133. The number of nitro groups is 1. The van der Waals surface area contributed by atoms with Crippen LogP contribution in [-0.2, 0) is 4.79 Å². The summed E-state index contributed by atoms with van der Waals surface area (Å²) in [4.78, 5) is 23.3. The summed E-state index contributed by atoms with van der Waals surface area (Å²) in [6.07, 6.45) is 0. The summed E-state index contributed by atoms with van der Waals surface area (Å²) in [5, 5.41) is 17.5. The van der Waals surface area contributed by atoms with Crippen molar-refractivity contribution in [1.82, 2.24) is 0 Å². The number of hydrogen-bond donors (Lipinski definition) is 2. The van der Waals surface area contributed by atoms with Gasteiger partial charge in [0, 0.05) is 23.7 Å². The topological polar surface area (TPSA) is 93.5 Å². The average molecular weight is 412 g/mol. The molecule has 0 bridgehead atoms. The molecule has 0 aliphatic heterocycles. The smallest absolute Gasteiger partial charge is 0.271 e.